The summed E-state index contributed by atoms with van der Waals surface area (Å²) >= 11 is 0. The maximum atomic E-state index is 12.9. The molecule has 2 aromatic rings. The molecule has 1 amide bonds. The van der Waals surface area contributed by atoms with Crippen LogP contribution in [-0.2, 0) is 21.2 Å². The first-order valence-electron chi connectivity index (χ1n) is 8.48. The molecule has 0 bridgehead atoms. The molecule has 0 fully saturated rings. The number of benzene rings is 2. The molecule has 2 rings (SSSR count). The summed E-state index contributed by atoms with van der Waals surface area (Å²) < 4.78 is 38.5. The maximum Gasteiger partial charge on any atom is 0.242 e. The molecular formula is C19H24FN3O3S. The molecule has 0 saturated heterocycles. The Labute approximate surface area is 159 Å². The molecule has 27 heavy (non-hydrogen) atoms. The number of nitrogens with zero attached hydrogens (tertiary/aromatic N) is 1. The smallest absolute Gasteiger partial charge is 0.242 e. The van der Waals surface area contributed by atoms with Crippen molar-refractivity contribution in [2.24, 2.45) is 0 Å². The lowest BCUT2D eigenvalue weighted by molar-refractivity contribution is -0.119. The summed E-state index contributed by atoms with van der Waals surface area (Å²) in [4.78, 5) is 12.2. The van der Waals surface area contributed by atoms with Crippen LogP contribution in [0.4, 0.5) is 10.1 Å². The normalized spacial score (nSPS) is 11.4. The van der Waals surface area contributed by atoms with Gasteiger partial charge in [0.2, 0.25) is 15.9 Å². The monoisotopic (exact) mass is 393 g/mol. The van der Waals surface area contributed by atoms with Crippen LogP contribution in [0.25, 0.3) is 0 Å². The van der Waals surface area contributed by atoms with Gasteiger partial charge in [-0.3, -0.25) is 4.79 Å². The quantitative estimate of drug-likeness (QED) is 0.720. The van der Waals surface area contributed by atoms with E-state index in [1.165, 1.54) is 32.3 Å². The molecular weight excluding hydrogens is 369 g/mol. The standard InChI is InChI=1S/C19H24FN3O3S/c1-14-4-9-17(27(25,26)23(2)3)12-18(14)22-13-19(24)21-11-10-15-5-7-16(20)8-6-15/h4-9,12,22H,10-11,13H2,1-3H3,(H,21,24). The van der Waals surface area contributed by atoms with Crippen molar-refractivity contribution in [1.82, 2.24) is 9.62 Å². The number of carbonyl (C=O) groups is 1. The fraction of sp³-hybridized carbons (Fsp3) is 0.316. The van der Waals surface area contributed by atoms with Gasteiger partial charge in [0.05, 0.1) is 11.4 Å². The van der Waals surface area contributed by atoms with E-state index in [1.54, 1.807) is 24.3 Å². The van der Waals surface area contributed by atoms with Gasteiger partial charge >= 0.3 is 0 Å². The first-order valence-corrected chi connectivity index (χ1v) is 9.92. The number of carbonyl (C=O) groups excluding carboxylic acids is 1. The molecule has 2 N–H and O–H groups in total. The molecule has 0 aromatic heterocycles. The van der Waals surface area contributed by atoms with Crippen LogP contribution in [0.3, 0.4) is 0 Å². The number of amides is 1. The molecule has 0 unspecified atom stereocenters. The van der Waals surface area contributed by atoms with Crippen LogP contribution >= 0.6 is 0 Å². The molecule has 2 aromatic carbocycles. The fourth-order valence-corrected chi connectivity index (χ4v) is 3.33. The summed E-state index contributed by atoms with van der Waals surface area (Å²) in [7, 11) is -0.598. The second-order valence-electron chi connectivity index (χ2n) is 6.34. The Balaban J connectivity index is 1.90. The van der Waals surface area contributed by atoms with E-state index in [-0.39, 0.29) is 23.2 Å². The molecule has 0 atom stereocenters. The number of hydrogen-bond acceptors (Lipinski definition) is 4. The number of halogens is 1. The van der Waals surface area contributed by atoms with Crippen LogP contribution in [0.1, 0.15) is 11.1 Å². The zero-order chi connectivity index (χ0) is 20.0. The average Bonchev–Trinajstić information content (AvgIpc) is 2.62. The van der Waals surface area contributed by atoms with Crippen molar-refractivity contribution >= 4 is 21.6 Å². The van der Waals surface area contributed by atoms with Crippen LogP contribution < -0.4 is 10.6 Å². The topological polar surface area (TPSA) is 78.5 Å². The van der Waals surface area contributed by atoms with Crippen molar-refractivity contribution in [3.8, 4) is 0 Å². The Morgan fingerprint density at radius 2 is 1.78 bits per heavy atom. The molecule has 0 aliphatic heterocycles. The minimum absolute atomic E-state index is 0.0235. The number of sulfonamides is 1. The summed E-state index contributed by atoms with van der Waals surface area (Å²) in [6, 6.07) is 10.9. The van der Waals surface area contributed by atoms with E-state index >= 15 is 0 Å². The number of nitrogens with one attached hydrogen (secondary N) is 2. The molecule has 0 radical (unpaired) electrons. The van der Waals surface area contributed by atoms with Crippen molar-refractivity contribution < 1.29 is 17.6 Å². The Kier molecular flexibility index (Phi) is 6.92. The third-order valence-electron chi connectivity index (χ3n) is 4.08. The zero-order valence-electron chi connectivity index (χ0n) is 15.6. The SMILES string of the molecule is Cc1ccc(S(=O)(=O)N(C)C)cc1NCC(=O)NCCc1ccc(F)cc1. The van der Waals surface area contributed by atoms with E-state index in [2.05, 4.69) is 10.6 Å². The molecule has 0 aliphatic carbocycles. The predicted molar refractivity (Wildman–Crippen MR) is 104 cm³/mol. The van der Waals surface area contributed by atoms with Crippen LogP contribution in [0.5, 0.6) is 0 Å². The molecule has 0 heterocycles. The lowest BCUT2D eigenvalue weighted by atomic mass is 10.1. The van der Waals surface area contributed by atoms with Gasteiger partial charge in [-0.25, -0.2) is 17.1 Å². The van der Waals surface area contributed by atoms with Crippen molar-refractivity contribution in [3.63, 3.8) is 0 Å². The number of aryl methyl sites for hydroxylation is 1. The molecule has 6 nitrogen and oxygen atoms in total. The fourth-order valence-electron chi connectivity index (χ4n) is 2.40. The predicted octanol–water partition coefficient (Wildman–Crippen LogP) is 2.16. The zero-order valence-corrected chi connectivity index (χ0v) is 16.4. The van der Waals surface area contributed by atoms with Crippen LogP contribution in [-0.4, -0.2) is 45.8 Å². The van der Waals surface area contributed by atoms with E-state index < -0.39 is 10.0 Å². The van der Waals surface area contributed by atoms with Crippen LogP contribution in [0, 0.1) is 12.7 Å². The Hall–Kier alpha value is -2.45. The number of anilines is 1. The van der Waals surface area contributed by atoms with Crippen molar-refractivity contribution in [2.45, 2.75) is 18.2 Å². The summed E-state index contributed by atoms with van der Waals surface area (Å²) in [6.07, 6.45) is 0.599. The Morgan fingerprint density at radius 1 is 1.11 bits per heavy atom. The molecule has 0 aliphatic rings. The maximum absolute atomic E-state index is 12.9. The highest BCUT2D eigenvalue weighted by atomic mass is 32.2. The average molecular weight is 393 g/mol. The molecule has 0 spiro atoms. The lowest BCUT2D eigenvalue weighted by Crippen LogP contribution is -2.31. The van der Waals surface area contributed by atoms with Crippen molar-refractivity contribution in [2.75, 3.05) is 32.5 Å². The summed E-state index contributed by atoms with van der Waals surface area (Å²) in [6.45, 7) is 2.29. The van der Waals surface area contributed by atoms with Gasteiger partial charge in [-0.2, -0.15) is 0 Å². The minimum Gasteiger partial charge on any atom is -0.376 e. The second kappa shape index (κ2) is 8.96. The molecule has 146 valence electrons. The second-order valence-corrected chi connectivity index (χ2v) is 8.50. The molecule has 0 saturated carbocycles. The van der Waals surface area contributed by atoms with Gasteiger partial charge < -0.3 is 10.6 Å². The Bertz CT molecular complexity index is 897. The first-order chi connectivity index (χ1) is 12.7. The van der Waals surface area contributed by atoms with Crippen molar-refractivity contribution in [1.29, 1.82) is 0 Å². The largest absolute Gasteiger partial charge is 0.376 e. The van der Waals surface area contributed by atoms with Crippen LogP contribution in [0.2, 0.25) is 0 Å². The third kappa shape index (κ3) is 5.77. The van der Waals surface area contributed by atoms with E-state index in [1.807, 2.05) is 6.92 Å². The summed E-state index contributed by atoms with van der Waals surface area (Å²) in [5.74, 6) is -0.502. The van der Waals surface area contributed by atoms with Gasteiger partial charge in [-0.1, -0.05) is 18.2 Å². The van der Waals surface area contributed by atoms with E-state index in [4.69, 9.17) is 0 Å². The highest BCUT2D eigenvalue weighted by molar-refractivity contribution is 7.89. The first kappa shape index (κ1) is 20.9. The highest BCUT2D eigenvalue weighted by Gasteiger charge is 2.18. The van der Waals surface area contributed by atoms with E-state index in [0.717, 1.165) is 15.4 Å². The summed E-state index contributed by atoms with van der Waals surface area (Å²) in [5.41, 5.74) is 2.36. The van der Waals surface area contributed by atoms with Gasteiger partial charge in [0, 0.05) is 26.3 Å². The van der Waals surface area contributed by atoms with Gasteiger partial charge in [0.1, 0.15) is 5.82 Å². The number of hydrogen-bond donors (Lipinski definition) is 2. The third-order valence-corrected chi connectivity index (χ3v) is 5.89. The Morgan fingerprint density at radius 3 is 2.41 bits per heavy atom. The van der Waals surface area contributed by atoms with Gasteiger partial charge in [0.15, 0.2) is 0 Å². The van der Waals surface area contributed by atoms with Crippen molar-refractivity contribution in [3.05, 3.63) is 59.4 Å². The van der Waals surface area contributed by atoms with Gasteiger partial charge in [-0.15, -0.1) is 0 Å². The lowest BCUT2D eigenvalue weighted by Gasteiger charge is -2.15. The highest BCUT2D eigenvalue weighted by Crippen LogP contribution is 2.21. The van der Waals surface area contributed by atoms with Gasteiger partial charge in [-0.05, 0) is 48.7 Å². The number of rotatable bonds is 8. The molecule has 8 heteroatoms. The van der Waals surface area contributed by atoms with Gasteiger partial charge in [0.25, 0.3) is 0 Å². The van der Waals surface area contributed by atoms with E-state index in [0.29, 0.717) is 18.7 Å². The minimum atomic E-state index is -3.54. The van der Waals surface area contributed by atoms with E-state index in [9.17, 15) is 17.6 Å². The van der Waals surface area contributed by atoms with Crippen LogP contribution in [0.15, 0.2) is 47.4 Å². The summed E-state index contributed by atoms with van der Waals surface area (Å²) in [5, 5.41) is 5.75.